The molecule has 7 heteroatoms. The van der Waals surface area contributed by atoms with Gasteiger partial charge in [0.25, 0.3) is 0 Å². The molecule has 0 aliphatic heterocycles. The van der Waals surface area contributed by atoms with E-state index in [1.54, 1.807) is 31.4 Å². The van der Waals surface area contributed by atoms with Gasteiger partial charge in [0, 0.05) is 5.02 Å². The zero-order chi connectivity index (χ0) is 16.9. The lowest BCUT2D eigenvalue weighted by Crippen LogP contribution is -2.13. The van der Waals surface area contributed by atoms with E-state index in [0.29, 0.717) is 22.4 Å². The third-order valence-electron chi connectivity index (χ3n) is 3.47. The zero-order valence-corrected chi connectivity index (χ0v) is 13.8. The van der Waals surface area contributed by atoms with Crippen LogP contribution in [0.25, 0.3) is 0 Å². The maximum Gasteiger partial charge on any atom is 0.172 e. The third-order valence-corrected chi connectivity index (χ3v) is 3.72. The lowest BCUT2D eigenvalue weighted by molar-refractivity contribution is 0.296. The predicted molar refractivity (Wildman–Crippen MR) is 91.2 cm³/mol. The number of rotatable bonds is 6. The highest BCUT2D eigenvalue weighted by Crippen LogP contribution is 2.21. The van der Waals surface area contributed by atoms with Gasteiger partial charge in [-0.05, 0) is 42.0 Å². The average Bonchev–Trinajstić information content (AvgIpc) is 3.09. The first-order valence-corrected chi connectivity index (χ1v) is 7.72. The van der Waals surface area contributed by atoms with Gasteiger partial charge in [-0.15, -0.1) is 0 Å². The first-order chi connectivity index (χ1) is 11.7. The second-order valence-corrected chi connectivity index (χ2v) is 5.57. The molecule has 1 aromatic heterocycles. The summed E-state index contributed by atoms with van der Waals surface area (Å²) in [6.07, 6.45) is 0. The Hall–Kier alpha value is -2.57. The molecule has 6 nitrogen and oxygen atoms in total. The Labute approximate surface area is 144 Å². The van der Waals surface area contributed by atoms with E-state index in [4.69, 9.17) is 26.8 Å². The van der Waals surface area contributed by atoms with Crippen molar-refractivity contribution in [3.63, 3.8) is 0 Å². The van der Waals surface area contributed by atoms with E-state index in [0.717, 1.165) is 11.3 Å². The monoisotopic (exact) mass is 344 g/mol. The fourth-order valence-corrected chi connectivity index (χ4v) is 2.31. The first-order valence-electron chi connectivity index (χ1n) is 7.35. The van der Waals surface area contributed by atoms with Crippen molar-refractivity contribution in [3.8, 4) is 11.5 Å². The molecule has 0 aliphatic rings. The fourth-order valence-electron chi connectivity index (χ4n) is 2.18. The van der Waals surface area contributed by atoms with Crippen LogP contribution in [0.3, 0.4) is 0 Å². The van der Waals surface area contributed by atoms with Crippen molar-refractivity contribution in [2.24, 2.45) is 5.73 Å². The van der Waals surface area contributed by atoms with Crippen molar-refractivity contribution >= 4 is 11.6 Å². The molecule has 1 unspecified atom stereocenters. The Morgan fingerprint density at radius 2 is 1.96 bits per heavy atom. The van der Waals surface area contributed by atoms with Crippen molar-refractivity contribution in [1.82, 2.24) is 15.2 Å². The SMILES string of the molecule is COc1cccc(C(N)c2n[nH]c(COc3ccc(Cl)cc3)n2)c1. The van der Waals surface area contributed by atoms with E-state index in [9.17, 15) is 0 Å². The van der Waals surface area contributed by atoms with Crippen LogP contribution < -0.4 is 15.2 Å². The highest BCUT2D eigenvalue weighted by Gasteiger charge is 2.15. The van der Waals surface area contributed by atoms with Crippen LogP contribution in [-0.4, -0.2) is 22.3 Å². The summed E-state index contributed by atoms with van der Waals surface area (Å²) in [4.78, 5) is 4.39. The van der Waals surface area contributed by atoms with Crippen LogP contribution in [0.2, 0.25) is 5.02 Å². The van der Waals surface area contributed by atoms with Crippen LogP contribution in [0.15, 0.2) is 48.5 Å². The molecule has 0 spiro atoms. The third kappa shape index (κ3) is 3.84. The summed E-state index contributed by atoms with van der Waals surface area (Å²) in [5.41, 5.74) is 7.09. The van der Waals surface area contributed by atoms with Crippen LogP contribution in [0.4, 0.5) is 0 Å². The molecular weight excluding hydrogens is 328 g/mol. The van der Waals surface area contributed by atoms with Crippen LogP contribution in [0.5, 0.6) is 11.5 Å². The van der Waals surface area contributed by atoms with Crippen molar-refractivity contribution in [1.29, 1.82) is 0 Å². The van der Waals surface area contributed by atoms with Crippen molar-refractivity contribution < 1.29 is 9.47 Å². The first kappa shape index (κ1) is 16.3. The van der Waals surface area contributed by atoms with E-state index in [2.05, 4.69) is 15.2 Å². The average molecular weight is 345 g/mol. The summed E-state index contributed by atoms with van der Waals surface area (Å²) in [6, 6.07) is 14.2. The number of H-pyrrole nitrogens is 1. The normalized spacial score (nSPS) is 12.0. The van der Waals surface area contributed by atoms with Gasteiger partial charge in [-0.1, -0.05) is 23.7 Å². The van der Waals surface area contributed by atoms with Gasteiger partial charge < -0.3 is 15.2 Å². The molecule has 1 atom stereocenters. The molecule has 3 rings (SSSR count). The van der Waals surface area contributed by atoms with Gasteiger partial charge in [0.15, 0.2) is 11.6 Å². The largest absolute Gasteiger partial charge is 0.497 e. The van der Waals surface area contributed by atoms with Crippen molar-refractivity contribution in [2.45, 2.75) is 12.6 Å². The molecule has 3 N–H and O–H groups in total. The van der Waals surface area contributed by atoms with Crippen LogP contribution in [0, 0.1) is 0 Å². The minimum Gasteiger partial charge on any atom is -0.497 e. The molecule has 1 heterocycles. The number of aromatic amines is 1. The van der Waals surface area contributed by atoms with E-state index in [1.165, 1.54) is 0 Å². The van der Waals surface area contributed by atoms with Crippen LogP contribution >= 0.6 is 11.6 Å². The minimum absolute atomic E-state index is 0.263. The molecule has 2 aromatic carbocycles. The van der Waals surface area contributed by atoms with Gasteiger partial charge in [-0.2, -0.15) is 5.10 Å². The Morgan fingerprint density at radius 3 is 2.71 bits per heavy atom. The molecule has 0 saturated heterocycles. The van der Waals surface area contributed by atoms with E-state index < -0.39 is 6.04 Å². The number of ether oxygens (including phenoxy) is 2. The summed E-state index contributed by atoms with van der Waals surface area (Å²) < 4.78 is 10.8. The van der Waals surface area contributed by atoms with Crippen LogP contribution in [0.1, 0.15) is 23.3 Å². The minimum atomic E-state index is -0.444. The number of nitrogens with two attached hydrogens (primary N) is 1. The maximum atomic E-state index is 6.22. The second-order valence-electron chi connectivity index (χ2n) is 5.14. The molecule has 0 amide bonds. The lowest BCUT2D eigenvalue weighted by Gasteiger charge is -2.09. The highest BCUT2D eigenvalue weighted by molar-refractivity contribution is 6.30. The Bertz CT molecular complexity index is 804. The summed E-state index contributed by atoms with van der Waals surface area (Å²) in [5.74, 6) is 2.54. The summed E-state index contributed by atoms with van der Waals surface area (Å²) in [5, 5.41) is 7.68. The van der Waals surface area contributed by atoms with Crippen molar-refractivity contribution in [2.75, 3.05) is 7.11 Å². The molecule has 0 fully saturated rings. The number of hydrogen-bond acceptors (Lipinski definition) is 5. The molecule has 124 valence electrons. The zero-order valence-electron chi connectivity index (χ0n) is 13.1. The van der Waals surface area contributed by atoms with Gasteiger partial charge in [-0.3, -0.25) is 5.10 Å². The quantitative estimate of drug-likeness (QED) is 0.717. The maximum absolute atomic E-state index is 6.22. The van der Waals surface area contributed by atoms with Gasteiger partial charge in [0.1, 0.15) is 18.1 Å². The van der Waals surface area contributed by atoms with Gasteiger partial charge in [0.2, 0.25) is 0 Å². The highest BCUT2D eigenvalue weighted by atomic mass is 35.5. The number of hydrogen-bond donors (Lipinski definition) is 2. The number of aromatic nitrogens is 3. The second kappa shape index (κ2) is 7.33. The van der Waals surface area contributed by atoms with E-state index in [1.807, 2.05) is 24.3 Å². The number of halogens is 1. The van der Waals surface area contributed by atoms with Gasteiger partial charge in [-0.25, -0.2) is 4.98 Å². The topological polar surface area (TPSA) is 86.0 Å². The van der Waals surface area contributed by atoms with Gasteiger partial charge >= 0.3 is 0 Å². The Kier molecular flexibility index (Phi) is 4.98. The molecular formula is C17H17ClN4O2. The predicted octanol–water partition coefficient (Wildman–Crippen LogP) is 3.09. The number of nitrogens with zero attached hydrogens (tertiary/aromatic N) is 2. The number of nitrogens with one attached hydrogen (secondary N) is 1. The van der Waals surface area contributed by atoms with Gasteiger partial charge in [0.05, 0.1) is 13.2 Å². The molecule has 0 bridgehead atoms. The smallest absolute Gasteiger partial charge is 0.172 e. The van der Waals surface area contributed by atoms with Crippen LogP contribution in [-0.2, 0) is 6.61 Å². The summed E-state index contributed by atoms with van der Waals surface area (Å²) in [6.45, 7) is 0.263. The van der Waals surface area contributed by atoms with E-state index in [-0.39, 0.29) is 6.61 Å². The molecule has 24 heavy (non-hydrogen) atoms. The molecule has 0 radical (unpaired) electrons. The fraction of sp³-hybridized carbons (Fsp3) is 0.176. The van der Waals surface area contributed by atoms with Crippen molar-refractivity contribution in [3.05, 3.63) is 70.8 Å². The summed E-state index contributed by atoms with van der Waals surface area (Å²) >= 11 is 5.84. The lowest BCUT2D eigenvalue weighted by atomic mass is 10.1. The summed E-state index contributed by atoms with van der Waals surface area (Å²) in [7, 11) is 1.61. The number of benzene rings is 2. The Balaban J connectivity index is 1.67. The molecule has 3 aromatic rings. The molecule has 0 aliphatic carbocycles. The number of methoxy groups -OCH3 is 1. The Morgan fingerprint density at radius 1 is 1.17 bits per heavy atom. The molecule has 0 saturated carbocycles. The van der Waals surface area contributed by atoms with E-state index >= 15 is 0 Å². The standard InChI is InChI=1S/C17H17ClN4O2/c1-23-14-4-2-3-11(9-14)16(19)17-20-15(21-22-17)10-24-13-7-5-12(18)6-8-13/h2-9,16H,10,19H2,1H3,(H,20,21,22).